The number of hydrogen-bond acceptors (Lipinski definition) is 4. The van der Waals surface area contributed by atoms with E-state index in [1.807, 2.05) is 0 Å². The summed E-state index contributed by atoms with van der Waals surface area (Å²) in [5.74, 6) is -2.47. The lowest BCUT2D eigenvalue weighted by molar-refractivity contribution is 0.0696. The maximum Gasteiger partial charge on any atom is 0.335 e. The monoisotopic (exact) mass is 386 g/mol. The van der Waals surface area contributed by atoms with Crippen molar-refractivity contribution in [2.24, 2.45) is 0 Å². The summed E-state index contributed by atoms with van der Waals surface area (Å²) in [4.78, 5) is 49.8. The topological polar surface area (TPSA) is 104 Å². The Morgan fingerprint density at radius 1 is 0.759 bits per heavy atom. The molecule has 1 aliphatic rings. The number of aromatic carboxylic acids is 1. The van der Waals surface area contributed by atoms with Crippen molar-refractivity contribution in [2.75, 3.05) is 10.2 Å². The van der Waals surface area contributed by atoms with Crippen molar-refractivity contribution in [3.05, 3.63) is 95.1 Å². The van der Waals surface area contributed by atoms with Crippen LogP contribution in [0.25, 0.3) is 0 Å². The Hall–Kier alpha value is -4.26. The van der Waals surface area contributed by atoms with Gasteiger partial charge in [0.2, 0.25) is 0 Å². The number of rotatable bonds is 4. The minimum Gasteiger partial charge on any atom is -0.478 e. The third-order valence-corrected chi connectivity index (χ3v) is 4.55. The Balaban J connectivity index is 1.61. The fourth-order valence-electron chi connectivity index (χ4n) is 3.10. The molecule has 0 fully saturated rings. The molecule has 0 unspecified atom stereocenters. The fraction of sp³-hybridized carbons (Fsp3) is 0. The van der Waals surface area contributed by atoms with Gasteiger partial charge in [-0.2, -0.15) is 0 Å². The summed E-state index contributed by atoms with van der Waals surface area (Å²) < 4.78 is 0. The summed E-state index contributed by atoms with van der Waals surface area (Å²) in [5, 5.41) is 11.7. The number of benzene rings is 3. The molecule has 7 nitrogen and oxygen atoms in total. The van der Waals surface area contributed by atoms with Gasteiger partial charge < -0.3 is 10.4 Å². The van der Waals surface area contributed by atoms with Crippen LogP contribution in [0.4, 0.5) is 11.4 Å². The van der Waals surface area contributed by atoms with E-state index in [4.69, 9.17) is 5.11 Å². The minimum atomic E-state index is -1.10. The molecular weight excluding hydrogens is 372 g/mol. The van der Waals surface area contributed by atoms with Crippen LogP contribution in [0.2, 0.25) is 0 Å². The van der Waals surface area contributed by atoms with Crippen LogP contribution in [0.15, 0.2) is 72.8 Å². The Labute approximate surface area is 165 Å². The molecule has 29 heavy (non-hydrogen) atoms. The number of hydrogen-bond donors (Lipinski definition) is 2. The lowest BCUT2D eigenvalue weighted by Crippen LogP contribution is -2.29. The van der Waals surface area contributed by atoms with Gasteiger partial charge in [0.25, 0.3) is 17.7 Å². The molecule has 0 saturated carbocycles. The summed E-state index contributed by atoms with van der Waals surface area (Å²) in [6, 6.07) is 18.6. The van der Waals surface area contributed by atoms with Gasteiger partial charge in [0, 0.05) is 11.3 Å². The van der Waals surface area contributed by atoms with E-state index in [0.29, 0.717) is 11.3 Å². The number of nitrogens with one attached hydrogen (secondary N) is 1. The quantitative estimate of drug-likeness (QED) is 0.669. The molecule has 0 aliphatic carbocycles. The van der Waals surface area contributed by atoms with Gasteiger partial charge in [0.05, 0.1) is 22.4 Å². The summed E-state index contributed by atoms with van der Waals surface area (Å²) in [5.41, 5.74) is 1.57. The average Bonchev–Trinajstić information content (AvgIpc) is 2.98. The van der Waals surface area contributed by atoms with Gasteiger partial charge in [-0.1, -0.05) is 18.2 Å². The highest BCUT2D eigenvalue weighted by atomic mass is 16.4. The van der Waals surface area contributed by atoms with Crippen LogP contribution in [0.1, 0.15) is 41.4 Å². The molecule has 3 amide bonds. The summed E-state index contributed by atoms with van der Waals surface area (Å²) >= 11 is 0. The molecule has 0 spiro atoms. The first-order valence-corrected chi connectivity index (χ1v) is 8.68. The number of carboxylic acid groups (broad SMARTS) is 1. The first-order chi connectivity index (χ1) is 14.0. The zero-order chi connectivity index (χ0) is 20.5. The summed E-state index contributed by atoms with van der Waals surface area (Å²) in [7, 11) is 0. The molecule has 2 N–H and O–H groups in total. The predicted octanol–water partition coefficient (Wildman–Crippen LogP) is 3.44. The second-order valence-electron chi connectivity index (χ2n) is 6.38. The van der Waals surface area contributed by atoms with Crippen molar-refractivity contribution in [2.45, 2.75) is 0 Å². The van der Waals surface area contributed by atoms with Crippen LogP contribution in [0.5, 0.6) is 0 Å². The molecule has 0 radical (unpaired) electrons. The van der Waals surface area contributed by atoms with Gasteiger partial charge in [-0.15, -0.1) is 0 Å². The van der Waals surface area contributed by atoms with Crippen molar-refractivity contribution in [1.82, 2.24) is 0 Å². The maximum absolute atomic E-state index is 12.8. The Kier molecular flexibility index (Phi) is 4.40. The van der Waals surface area contributed by atoms with Crippen LogP contribution in [0.3, 0.4) is 0 Å². The smallest absolute Gasteiger partial charge is 0.335 e. The highest BCUT2D eigenvalue weighted by molar-refractivity contribution is 6.34. The van der Waals surface area contributed by atoms with E-state index in [2.05, 4.69) is 5.32 Å². The van der Waals surface area contributed by atoms with Crippen molar-refractivity contribution in [3.63, 3.8) is 0 Å². The number of fused-ring (bicyclic) bond motifs is 1. The van der Waals surface area contributed by atoms with E-state index in [1.54, 1.807) is 36.4 Å². The molecular formula is C22H14N2O5. The highest BCUT2D eigenvalue weighted by Crippen LogP contribution is 2.30. The van der Waals surface area contributed by atoms with E-state index in [0.717, 1.165) is 4.90 Å². The van der Waals surface area contributed by atoms with Gasteiger partial charge in [0.15, 0.2) is 0 Å². The van der Waals surface area contributed by atoms with E-state index < -0.39 is 17.8 Å². The molecule has 0 bridgehead atoms. The molecule has 3 aromatic carbocycles. The van der Waals surface area contributed by atoms with Crippen molar-refractivity contribution in [3.8, 4) is 0 Å². The highest BCUT2D eigenvalue weighted by Gasteiger charge is 2.37. The largest absolute Gasteiger partial charge is 0.478 e. The standard InChI is InChI=1S/C22H14N2O5/c25-19(13-4-2-1-3-5-13)23-15-8-11-17-18(12-15)21(27)24(20(17)26)16-9-6-14(7-10-16)22(28)29/h1-12H,(H,23,25)(H,28,29). The summed E-state index contributed by atoms with van der Waals surface area (Å²) in [6.07, 6.45) is 0. The number of carboxylic acids is 1. The fourth-order valence-corrected chi connectivity index (χ4v) is 3.10. The van der Waals surface area contributed by atoms with Crippen molar-refractivity contribution in [1.29, 1.82) is 0 Å². The molecule has 4 rings (SSSR count). The van der Waals surface area contributed by atoms with Gasteiger partial charge in [-0.3, -0.25) is 14.4 Å². The number of imide groups is 1. The van der Waals surface area contributed by atoms with E-state index in [-0.39, 0.29) is 28.3 Å². The van der Waals surface area contributed by atoms with Crippen LogP contribution < -0.4 is 10.2 Å². The van der Waals surface area contributed by atoms with E-state index in [9.17, 15) is 19.2 Å². The van der Waals surface area contributed by atoms with Crippen LogP contribution in [0, 0.1) is 0 Å². The third-order valence-electron chi connectivity index (χ3n) is 4.55. The SMILES string of the molecule is O=C(O)c1ccc(N2C(=O)c3ccc(NC(=O)c4ccccc4)cc3C2=O)cc1. The number of amides is 3. The Bertz CT molecular complexity index is 1150. The molecule has 0 saturated heterocycles. The average molecular weight is 386 g/mol. The molecule has 1 heterocycles. The zero-order valence-corrected chi connectivity index (χ0v) is 15.0. The molecule has 0 atom stereocenters. The lowest BCUT2D eigenvalue weighted by atomic mass is 10.1. The molecule has 3 aromatic rings. The number of nitrogens with zero attached hydrogens (tertiary/aromatic N) is 1. The Morgan fingerprint density at radius 3 is 2.07 bits per heavy atom. The van der Waals surface area contributed by atoms with Crippen LogP contribution in [-0.2, 0) is 0 Å². The summed E-state index contributed by atoms with van der Waals surface area (Å²) in [6.45, 7) is 0. The van der Waals surface area contributed by atoms with Crippen LogP contribution >= 0.6 is 0 Å². The number of carbonyl (C=O) groups excluding carboxylic acids is 3. The van der Waals surface area contributed by atoms with Crippen molar-refractivity contribution >= 4 is 35.1 Å². The number of anilines is 2. The maximum atomic E-state index is 12.8. The van der Waals surface area contributed by atoms with Gasteiger partial charge in [-0.05, 0) is 54.6 Å². The van der Waals surface area contributed by atoms with Gasteiger partial charge >= 0.3 is 5.97 Å². The minimum absolute atomic E-state index is 0.0521. The molecule has 1 aliphatic heterocycles. The molecule has 142 valence electrons. The molecule has 7 heteroatoms. The Morgan fingerprint density at radius 2 is 1.41 bits per heavy atom. The lowest BCUT2D eigenvalue weighted by Gasteiger charge is -2.13. The molecule has 0 aromatic heterocycles. The first kappa shape index (κ1) is 18.1. The zero-order valence-electron chi connectivity index (χ0n) is 15.0. The van der Waals surface area contributed by atoms with Gasteiger partial charge in [0.1, 0.15) is 0 Å². The van der Waals surface area contributed by atoms with Crippen molar-refractivity contribution < 1.29 is 24.3 Å². The predicted molar refractivity (Wildman–Crippen MR) is 105 cm³/mol. The van der Waals surface area contributed by atoms with E-state index >= 15 is 0 Å². The second-order valence-corrected chi connectivity index (χ2v) is 6.38. The van der Waals surface area contributed by atoms with Crippen LogP contribution in [-0.4, -0.2) is 28.8 Å². The van der Waals surface area contributed by atoms with Gasteiger partial charge in [-0.25, -0.2) is 9.69 Å². The normalized spacial score (nSPS) is 12.6. The first-order valence-electron chi connectivity index (χ1n) is 8.68. The third kappa shape index (κ3) is 3.25. The number of carbonyl (C=O) groups is 4. The second kappa shape index (κ2) is 7.05. The van der Waals surface area contributed by atoms with E-state index in [1.165, 1.54) is 36.4 Å².